The lowest BCUT2D eigenvalue weighted by atomic mass is 10.2. The summed E-state index contributed by atoms with van der Waals surface area (Å²) in [4.78, 5) is 0. The first kappa shape index (κ1) is 16.1. The van der Waals surface area contributed by atoms with Crippen molar-refractivity contribution in [3.63, 3.8) is 0 Å². The van der Waals surface area contributed by atoms with Gasteiger partial charge in [-0.25, -0.2) is 13.1 Å². The first-order valence-corrected chi connectivity index (χ1v) is 8.49. The van der Waals surface area contributed by atoms with E-state index in [9.17, 15) is 8.42 Å². The molecule has 114 valence electrons. The summed E-state index contributed by atoms with van der Waals surface area (Å²) in [6.07, 6.45) is 0. The second-order valence-corrected chi connectivity index (χ2v) is 7.03. The third-order valence-electron chi connectivity index (χ3n) is 2.90. The van der Waals surface area contributed by atoms with Gasteiger partial charge in [0.15, 0.2) is 4.60 Å². The molecular weight excluding hydrogens is 358 g/mol. The Balaban J connectivity index is 2.37. The van der Waals surface area contributed by atoms with E-state index in [1.165, 1.54) is 16.0 Å². The summed E-state index contributed by atoms with van der Waals surface area (Å²) in [6, 6.07) is 9.35. The highest BCUT2D eigenvalue weighted by Crippen LogP contribution is 2.23. The average molecular weight is 374 g/mol. The van der Waals surface area contributed by atoms with Gasteiger partial charge in [0.05, 0.1) is 0 Å². The van der Waals surface area contributed by atoms with Crippen LogP contribution in [-0.4, -0.2) is 40.8 Å². The maximum atomic E-state index is 12.8. The Morgan fingerprint density at radius 1 is 1.33 bits per heavy atom. The van der Waals surface area contributed by atoms with Crippen LogP contribution < -0.4 is 5.73 Å². The molecule has 0 spiro atoms. The largest absolute Gasteiger partial charge is 0.329 e. The van der Waals surface area contributed by atoms with E-state index < -0.39 is 10.0 Å². The number of rotatable bonds is 6. The smallest absolute Gasteiger partial charge is 0.263 e. The summed E-state index contributed by atoms with van der Waals surface area (Å²) in [5, 5.41) is 7.46. The second kappa shape index (κ2) is 6.65. The van der Waals surface area contributed by atoms with Crippen LogP contribution in [0.15, 0.2) is 40.0 Å². The van der Waals surface area contributed by atoms with Crippen molar-refractivity contribution in [2.45, 2.75) is 11.6 Å². The topological polar surface area (TPSA) is 94.1 Å². The fourth-order valence-electron chi connectivity index (χ4n) is 1.93. The van der Waals surface area contributed by atoms with Gasteiger partial charge >= 0.3 is 0 Å². The minimum Gasteiger partial charge on any atom is -0.329 e. The molecule has 2 N–H and O–H groups in total. The quantitative estimate of drug-likeness (QED) is 0.805. The molecule has 0 saturated carbocycles. The van der Waals surface area contributed by atoms with E-state index in [1.54, 1.807) is 0 Å². The molecule has 0 aliphatic heterocycles. The van der Waals surface area contributed by atoms with Gasteiger partial charge < -0.3 is 5.73 Å². The predicted molar refractivity (Wildman–Crippen MR) is 81.8 cm³/mol. The van der Waals surface area contributed by atoms with Crippen molar-refractivity contribution in [3.8, 4) is 0 Å². The highest BCUT2D eigenvalue weighted by atomic mass is 79.9. The number of benzene rings is 1. The first-order valence-electron chi connectivity index (χ1n) is 6.26. The van der Waals surface area contributed by atoms with E-state index in [-0.39, 0.29) is 29.3 Å². The zero-order valence-electron chi connectivity index (χ0n) is 11.5. The molecule has 0 fully saturated rings. The predicted octanol–water partition coefficient (Wildman–Crippen LogP) is 0.727. The molecule has 9 heteroatoms. The van der Waals surface area contributed by atoms with Gasteiger partial charge in [-0.1, -0.05) is 35.5 Å². The van der Waals surface area contributed by atoms with Crippen molar-refractivity contribution in [1.82, 2.24) is 19.3 Å². The van der Waals surface area contributed by atoms with E-state index in [0.29, 0.717) is 0 Å². The lowest BCUT2D eigenvalue weighted by molar-refractivity contribution is 0.407. The van der Waals surface area contributed by atoms with Crippen molar-refractivity contribution in [2.75, 3.05) is 13.1 Å². The van der Waals surface area contributed by atoms with E-state index >= 15 is 0 Å². The van der Waals surface area contributed by atoms with Gasteiger partial charge in [-0.05, 0) is 21.5 Å². The molecule has 0 unspecified atom stereocenters. The molecule has 2 aromatic rings. The highest BCUT2D eigenvalue weighted by molar-refractivity contribution is 9.10. The van der Waals surface area contributed by atoms with Gasteiger partial charge in [-0.15, -0.1) is 5.10 Å². The summed E-state index contributed by atoms with van der Waals surface area (Å²) >= 11 is 3.13. The molecule has 0 amide bonds. The average Bonchev–Trinajstić information content (AvgIpc) is 2.79. The Kier molecular flexibility index (Phi) is 5.09. The molecule has 0 atom stereocenters. The number of hydrogen-bond donors (Lipinski definition) is 1. The van der Waals surface area contributed by atoms with Crippen molar-refractivity contribution in [3.05, 3.63) is 40.5 Å². The van der Waals surface area contributed by atoms with Crippen LogP contribution in [0, 0.1) is 0 Å². The number of hydrogen-bond acceptors (Lipinski definition) is 5. The summed E-state index contributed by atoms with van der Waals surface area (Å²) < 4.78 is 28.3. The maximum absolute atomic E-state index is 12.8. The van der Waals surface area contributed by atoms with Crippen molar-refractivity contribution < 1.29 is 8.42 Å². The van der Waals surface area contributed by atoms with Crippen molar-refractivity contribution in [2.24, 2.45) is 12.8 Å². The molecule has 1 heterocycles. The Morgan fingerprint density at radius 3 is 2.52 bits per heavy atom. The minimum atomic E-state index is -3.74. The van der Waals surface area contributed by atoms with E-state index in [0.717, 1.165) is 5.56 Å². The molecular formula is C12H16BrN5O2S. The zero-order chi connectivity index (χ0) is 15.5. The fourth-order valence-corrected chi connectivity index (χ4v) is 4.41. The molecule has 0 saturated heterocycles. The highest BCUT2D eigenvalue weighted by Gasteiger charge is 2.30. The van der Waals surface area contributed by atoms with E-state index in [2.05, 4.69) is 26.2 Å². The molecule has 1 aromatic carbocycles. The number of nitrogens with zero attached hydrogens (tertiary/aromatic N) is 4. The van der Waals surface area contributed by atoms with E-state index in [4.69, 9.17) is 5.73 Å². The van der Waals surface area contributed by atoms with Crippen LogP contribution >= 0.6 is 15.9 Å². The fraction of sp³-hybridized carbons (Fsp3) is 0.333. The molecule has 0 aliphatic rings. The lowest BCUT2D eigenvalue weighted by Gasteiger charge is -2.21. The zero-order valence-corrected chi connectivity index (χ0v) is 13.9. The normalized spacial score (nSPS) is 12.0. The summed E-state index contributed by atoms with van der Waals surface area (Å²) in [7, 11) is -2.20. The molecule has 0 bridgehead atoms. The van der Waals surface area contributed by atoms with Gasteiger partial charge in [0.2, 0.25) is 5.03 Å². The van der Waals surface area contributed by atoms with Gasteiger partial charge in [0.25, 0.3) is 10.0 Å². The molecule has 7 nitrogen and oxygen atoms in total. The Hall–Kier alpha value is -1.29. The van der Waals surface area contributed by atoms with Gasteiger partial charge in [-0.3, -0.25) is 0 Å². The summed E-state index contributed by atoms with van der Waals surface area (Å²) in [5.41, 5.74) is 6.44. The monoisotopic (exact) mass is 373 g/mol. The van der Waals surface area contributed by atoms with Crippen molar-refractivity contribution >= 4 is 26.0 Å². The number of aryl methyl sites for hydroxylation is 1. The van der Waals surface area contributed by atoms with Crippen LogP contribution in [0.2, 0.25) is 0 Å². The Bertz CT molecular complexity index is 682. The van der Waals surface area contributed by atoms with Crippen LogP contribution in [0.25, 0.3) is 0 Å². The van der Waals surface area contributed by atoms with Crippen LogP contribution in [0.1, 0.15) is 5.56 Å². The number of aromatic nitrogens is 3. The maximum Gasteiger partial charge on any atom is 0.263 e. The molecule has 0 aliphatic carbocycles. The van der Waals surface area contributed by atoms with Crippen LogP contribution in [0.5, 0.6) is 0 Å². The SMILES string of the molecule is Cn1nnc(Br)c1S(=O)(=O)N(CCN)Cc1ccccc1. The summed E-state index contributed by atoms with van der Waals surface area (Å²) in [6.45, 7) is 0.696. The minimum absolute atomic E-state index is 0.0203. The summed E-state index contributed by atoms with van der Waals surface area (Å²) in [5.74, 6) is 0. The van der Waals surface area contributed by atoms with Gasteiger partial charge in [-0.2, -0.15) is 4.31 Å². The second-order valence-electron chi connectivity index (χ2n) is 4.42. The molecule has 0 radical (unpaired) electrons. The van der Waals surface area contributed by atoms with Gasteiger partial charge in [0.1, 0.15) is 0 Å². The Labute approximate surface area is 131 Å². The Morgan fingerprint density at radius 2 is 2.00 bits per heavy atom. The van der Waals surface area contributed by atoms with Crippen LogP contribution in [0.4, 0.5) is 0 Å². The van der Waals surface area contributed by atoms with Gasteiger partial charge in [0, 0.05) is 26.7 Å². The van der Waals surface area contributed by atoms with Crippen LogP contribution in [-0.2, 0) is 23.6 Å². The van der Waals surface area contributed by atoms with Crippen LogP contribution in [0.3, 0.4) is 0 Å². The standard InChI is InChI=1S/C12H16BrN5O2S/c1-17-12(11(13)15-16-17)21(19,20)18(8-7-14)9-10-5-3-2-4-6-10/h2-6H,7-9,14H2,1H3. The first-order chi connectivity index (χ1) is 9.96. The van der Waals surface area contributed by atoms with E-state index in [1.807, 2.05) is 30.3 Å². The third kappa shape index (κ3) is 3.49. The number of sulfonamides is 1. The third-order valence-corrected chi connectivity index (χ3v) is 5.64. The molecule has 21 heavy (non-hydrogen) atoms. The molecule has 1 aromatic heterocycles. The number of halogens is 1. The number of nitrogens with two attached hydrogens (primary N) is 1. The van der Waals surface area contributed by atoms with Crippen molar-refractivity contribution in [1.29, 1.82) is 0 Å². The lowest BCUT2D eigenvalue weighted by Crippen LogP contribution is -2.36. The molecule has 2 rings (SSSR count).